The minimum absolute atomic E-state index is 0.0240. The fourth-order valence-corrected chi connectivity index (χ4v) is 9.44. The number of H-pyrrole nitrogens is 2. The van der Waals surface area contributed by atoms with Crippen LogP contribution in [-0.4, -0.2) is 43.2 Å². The molecular weight excluding hydrogens is 703 g/mol. The Balaban J connectivity index is 1.85. The molecule has 2 atom stereocenters. The van der Waals surface area contributed by atoms with Crippen LogP contribution >= 0.6 is 0 Å². The van der Waals surface area contributed by atoms with E-state index in [2.05, 4.69) is 88.9 Å². The van der Waals surface area contributed by atoms with Crippen molar-refractivity contribution in [3.05, 3.63) is 68.1 Å². The molecule has 8 bridgehead atoms. The van der Waals surface area contributed by atoms with Gasteiger partial charge in [0, 0.05) is 47.8 Å². The molecule has 3 aromatic heterocycles. The Morgan fingerprint density at radius 2 is 1.07 bits per heavy atom. The average Bonchev–Trinajstić information content (AvgIpc) is 3.94. The highest BCUT2D eigenvalue weighted by molar-refractivity contribution is 5.99. The van der Waals surface area contributed by atoms with Crippen molar-refractivity contribution < 1.29 is 19.2 Å². The van der Waals surface area contributed by atoms with E-state index in [0.29, 0.717) is 30.0 Å². The first kappa shape index (κ1) is 40.8. The third kappa shape index (κ3) is 7.05. The minimum Gasteiger partial charge on any atom is -0.474 e. The van der Waals surface area contributed by atoms with Gasteiger partial charge in [-0.25, -0.2) is 9.97 Å². The number of rotatable bonds is 13. The molecule has 10 heteroatoms. The summed E-state index contributed by atoms with van der Waals surface area (Å²) in [6.45, 7) is 19.2. The summed E-state index contributed by atoms with van der Waals surface area (Å²) in [6, 6.07) is 6.64. The van der Waals surface area contributed by atoms with Gasteiger partial charge in [0.05, 0.1) is 11.4 Å². The molecule has 0 saturated heterocycles. The quantitative estimate of drug-likeness (QED) is 0.130. The highest BCUT2D eigenvalue weighted by Crippen LogP contribution is 2.47. The van der Waals surface area contributed by atoms with E-state index in [1.807, 2.05) is 6.92 Å². The smallest absolute Gasteiger partial charge is 0.199 e. The van der Waals surface area contributed by atoms with Gasteiger partial charge in [-0.05, 0) is 121 Å². The third-order valence-corrected chi connectivity index (χ3v) is 12.4. The summed E-state index contributed by atoms with van der Waals surface area (Å²) in [5.41, 5.74) is 15.2. The zero-order chi connectivity index (χ0) is 40.3. The Kier molecular flexibility index (Phi) is 12.5. The third-order valence-electron chi connectivity index (χ3n) is 12.4. The molecule has 298 valence electrons. The molecule has 2 unspecified atom stereocenters. The fraction of sp³-hybridized carbons (Fsp3) is 0.522. The zero-order valence-corrected chi connectivity index (χ0v) is 34.9. The lowest BCUT2D eigenvalue weighted by Crippen LogP contribution is -2.52. The number of aromatic amines is 2. The van der Waals surface area contributed by atoms with Crippen LogP contribution in [0.4, 0.5) is 0 Å². The molecule has 0 aromatic carbocycles. The average molecular weight is 762 g/mol. The van der Waals surface area contributed by atoms with Crippen molar-refractivity contribution in [2.45, 2.75) is 157 Å². The van der Waals surface area contributed by atoms with E-state index in [1.165, 1.54) is 22.3 Å². The number of carbonyl (C=O) groups is 2. The number of hydrogen-bond acceptors (Lipinski definition) is 8. The molecule has 3 aromatic rings. The van der Waals surface area contributed by atoms with Gasteiger partial charge in [0.1, 0.15) is 17.2 Å². The molecule has 10 nitrogen and oxygen atoms in total. The van der Waals surface area contributed by atoms with Crippen molar-refractivity contribution >= 4 is 55.9 Å². The molecular formula is C46H59N5O5. The Labute approximate surface area is 330 Å². The van der Waals surface area contributed by atoms with Gasteiger partial charge in [0.15, 0.2) is 28.6 Å². The highest BCUT2D eigenvalue weighted by atomic mass is 16.7. The monoisotopic (exact) mass is 761 g/mol. The first-order valence-corrected chi connectivity index (χ1v) is 21.1. The summed E-state index contributed by atoms with van der Waals surface area (Å²) in [5, 5.41) is 2.87. The zero-order valence-electron chi connectivity index (χ0n) is 34.9. The Bertz CT molecular complexity index is 2150. The first-order chi connectivity index (χ1) is 27.1. The van der Waals surface area contributed by atoms with Crippen LogP contribution in [0, 0.1) is 4.91 Å². The van der Waals surface area contributed by atoms with Crippen LogP contribution in [0.3, 0.4) is 0 Å². The SMILES string of the molecule is CCC1=C(CC)c2nc1cc1[nH]c(cc3[nH]c(cc4nc(c2OC2C(=O)CCC(=O)CCC2(CC)ON=O)C(CC)=C4CC)c(CC)c3CC)c(CC)c1CC. The molecule has 1 saturated carbocycles. The maximum atomic E-state index is 14.3. The second-order valence-corrected chi connectivity index (χ2v) is 15.1. The number of nitrogens with zero attached hydrogens (tertiary/aromatic N) is 3. The van der Waals surface area contributed by atoms with Crippen molar-refractivity contribution in [3.8, 4) is 5.75 Å². The van der Waals surface area contributed by atoms with Crippen LogP contribution in [0.25, 0.3) is 44.4 Å². The van der Waals surface area contributed by atoms with Crippen LogP contribution in [0.1, 0.15) is 165 Å². The number of hydrogen-bond donors (Lipinski definition) is 2. The standard InChI is InChI=1S/C46H59N5O5/c1-10-27-29(12-3)37-24-39-31(14-5)33(16-7)42(49-39)44(55-45-41(53)20-19-26(52)21-22-46(45,18-9)56-51-54)43-34(17-8)32(15-6)40(50-43)25-38-30(13-4)28(11-2)36(48-38)23-35(27)47-37/h23-25,45,47-48H,10-22H2,1-9H3. The van der Waals surface area contributed by atoms with Crippen LogP contribution in [0.15, 0.2) is 23.5 Å². The van der Waals surface area contributed by atoms with Gasteiger partial charge in [-0.2, -0.15) is 0 Å². The summed E-state index contributed by atoms with van der Waals surface area (Å²) in [6.07, 6.45) is 5.66. The van der Waals surface area contributed by atoms with Crippen molar-refractivity contribution in [1.82, 2.24) is 19.9 Å². The van der Waals surface area contributed by atoms with Crippen molar-refractivity contribution in [3.63, 3.8) is 0 Å². The molecule has 0 amide bonds. The highest BCUT2D eigenvalue weighted by Gasteiger charge is 2.49. The van der Waals surface area contributed by atoms with Gasteiger partial charge in [-0.15, -0.1) is 4.91 Å². The van der Waals surface area contributed by atoms with E-state index in [-0.39, 0.29) is 43.7 Å². The predicted molar refractivity (Wildman–Crippen MR) is 226 cm³/mol. The lowest BCUT2D eigenvalue weighted by molar-refractivity contribution is -0.158. The second-order valence-electron chi connectivity index (χ2n) is 15.1. The topological polar surface area (TPSA) is 139 Å². The number of aryl methyl sites for hydroxylation is 4. The molecule has 3 aliphatic rings. The number of fused-ring (bicyclic) bond motifs is 8. The molecule has 6 rings (SSSR count). The van der Waals surface area contributed by atoms with Crippen molar-refractivity contribution in [2.75, 3.05) is 0 Å². The number of Topliss-reactive ketones (excluding diaryl/α,β-unsaturated/α-hetero) is 2. The van der Waals surface area contributed by atoms with Crippen LogP contribution in [-0.2, 0) is 40.1 Å². The molecule has 0 radical (unpaired) electrons. The van der Waals surface area contributed by atoms with E-state index in [0.717, 1.165) is 94.3 Å². The molecule has 2 aliphatic heterocycles. The molecule has 5 heterocycles. The number of nitrogens with one attached hydrogen (secondary N) is 2. The van der Waals surface area contributed by atoms with Gasteiger partial charge in [0.25, 0.3) is 0 Å². The number of ether oxygens (including phenoxy) is 1. The summed E-state index contributed by atoms with van der Waals surface area (Å²) in [5.74, 6) is 0.0392. The maximum Gasteiger partial charge on any atom is 0.199 e. The Morgan fingerprint density at radius 3 is 1.46 bits per heavy atom. The summed E-state index contributed by atoms with van der Waals surface area (Å²) in [4.78, 5) is 63.0. The van der Waals surface area contributed by atoms with Gasteiger partial charge >= 0.3 is 0 Å². The van der Waals surface area contributed by atoms with Crippen LogP contribution < -0.4 is 4.74 Å². The van der Waals surface area contributed by atoms with Gasteiger partial charge < -0.3 is 19.5 Å². The maximum absolute atomic E-state index is 14.3. The predicted octanol–water partition coefficient (Wildman–Crippen LogP) is 11.3. The molecule has 1 aliphatic carbocycles. The fourth-order valence-electron chi connectivity index (χ4n) is 9.44. The summed E-state index contributed by atoms with van der Waals surface area (Å²) >= 11 is 0. The lowest BCUT2D eigenvalue weighted by Gasteiger charge is -2.37. The first-order valence-electron chi connectivity index (χ1n) is 21.1. The van der Waals surface area contributed by atoms with E-state index in [9.17, 15) is 14.5 Å². The summed E-state index contributed by atoms with van der Waals surface area (Å²) < 4.78 is 7.14. The van der Waals surface area contributed by atoms with Gasteiger partial charge in [-0.3, -0.25) is 9.59 Å². The Morgan fingerprint density at radius 1 is 0.625 bits per heavy atom. The van der Waals surface area contributed by atoms with Crippen LogP contribution in [0.2, 0.25) is 0 Å². The summed E-state index contributed by atoms with van der Waals surface area (Å²) in [7, 11) is 0. The molecule has 1 fully saturated rings. The second kappa shape index (κ2) is 17.1. The minimum atomic E-state index is -1.45. The van der Waals surface area contributed by atoms with Crippen molar-refractivity contribution in [2.24, 2.45) is 5.34 Å². The van der Waals surface area contributed by atoms with E-state index in [4.69, 9.17) is 19.5 Å². The van der Waals surface area contributed by atoms with E-state index < -0.39 is 11.7 Å². The molecule has 56 heavy (non-hydrogen) atoms. The number of aromatic nitrogens is 4. The molecule has 2 N–H and O–H groups in total. The molecule has 0 spiro atoms. The van der Waals surface area contributed by atoms with Gasteiger partial charge in [0.2, 0.25) is 0 Å². The lowest BCUT2D eigenvalue weighted by atomic mass is 9.81. The normalized spacial score (nSPS) is 19.1. The van der Waals surface area contributed by atoms with E-state index in [1.54, 1.807) is 0 Å². The number of ketones is 2. The Hall–Kier alpha value is -4.86. The largest absolute Gasteiger partial charge is 0.474 e. The number of allylic oxidation sites excluding steroid dienone is 4. The van der Waals surface area contributed by atoms with E-state index >= 15 is 0 Å². The van der Waals surface area contributed by atoms with Crippen LogP contribution in [0.5, 0.6) is 5.75 Å². The van der Waals surface area contributed by atoms with Crippen molar-refractivity contribution in [1.29, 1.82) is 0 Å². The number of carbonyl (C=O) groups excluding carboxylic acids is 2. The van der Waals surface area contributed by atoms with Gasteiger partial charge in [-0.1, -0.05) is 62.3 Å².